The number of hydrogen-bond acceptors (Lipinski definition) is 6. The Kier molecular flexibility index (Phi) is 10.3. The maximum Gasteiger partial charge on any atom is 0.407 e. The highest BCUT2D eigenvalue weighted by Gasteiger charge is 2.32. The molecule has 2 amide bonds. The Morgan fingerprint density at radius 1 is 0.925 bits per heavy atom. The lowest BCUT2D eigenvalue weighted by molar-refractivity contribution is -0.162. The second-order valence-electron chi connectivity index (χ2n) is 10.0. The molecule has 2 aromatic carbocycles. The molecule has 40 heavy (non-hydrogen) atoms. The molecule has 1 aromatic heterocycles. The molecule has 3 aromatic rings. The smallest absolute Gasteiger partial charge is 0.407 e. The average Bonchev–Trinajstić information content (AvgIpc) is 3.28. The largest absolute Gasteiger partial charge is 0.449 e. The van der Waals surface area contributed by atoms with Crippen LogP contribution in [-0.4, -0.2) is 66.6 Å². The molecule has 1 heterocycles. The van der Waals surface area contributed by atoms with Gasteiger partial charge < -0.3 is 24.4 Å². The Morgan fingerprint density at radius 2 is 1.55 bits per heavy atom. The SMILES string of the molecule is CCOC(CN(C(=O)C(Cc1cccnc1)NC(=O)OCC1c2ccccc2-c2ccccc21)C(C)C)OCC. The standard InChI is InChI=1S/C32H39N3O5/c1-5-38-30(39-6-2)20-35(22(3)4)31(36)29(18-23-12-11-17-33-19-23)34-32(37)40-21-28-26-15-9-7-13-24(26)25-14-8-10-16-27(25)28/h7-17,19,22,28-30H,5-6,18,20-21H2,1-4H3,(H,34,37). The molecule has 0 spiro atoms. The molecule has 1 N–H and O–H groups in total. The van der Waals surface area contributed by atoms with Crippen molar-refractivity contribution in [1.82, 2.24) is 15.2 Å². The van der Waals surface area contributed by atoms with Crippen LogP contribution >= 0.6 is 0 Å². The van der Waals surface area contributed by atoms with E-state index in [0.29, 0.717) is 13.2 Å². The van der Waals surface area contributed by atoms with Crippen LogP contribution in [0.5, 0.6) is 0 Å². The Morgan fingerprint density at radius 3 is 2.10 bits per heavy atom. The Bertz CT molecular complexity index is 1210. The minimum absolute atomic E-state index is 0.0732. The van der Waals surface area contributed by atoms with Crippen molar-refractivity contribution in [2.75, 3.05) is 26.4 Å². The van der Waals surface area contributed by atoms with E-state index in [0.717, 1.165) is 27.8 Å². The van der Waals surface area contributed by atoms with E-state index < -0.39 is 18.4 Å². The topological polar surface area (TPSA) is 90.0 Å². The molecule has 8 heteroatoms. The summed E-state index contributed by atoms with van der Waals surface area (Å²) in [4.78, 5) is 32.9. The van der Waals surface area contributed by atoms with Gasteiger partial charge in [0.25, 0.3) is 0 Å². The van der Waals surface area contributed by atoms with Gasteiger partial charge in [0.2, 0.25) is 5.91 Å². The summed E-state index contributed by atoms with van der Waals surface area (Å²) in [5.74, 6) is -0.312. The lowest BCUT2D eigenvalue weighted by Crippen LogP contribution is -2.54. The van der Waals surface area contributed by atoms with Crippen molar-refractivity contribution in [2.45, 2.75) is 58.4 Å². The predicted octanol–water partition coefficient (Wildman–Crippen LogP) is 5.17. The van der Waals surface area contributed by atoms with Gasteiger partial charge in [-0.05, 0) is 61.6 Å². The van der Waals surface area contributed by atoms with Crippen molar-refractivity contribution >= 4 is 12.0 Å². The summed E-state index contributed by atoms with van der Waals surface area (Å²) in [5, 5.41) is 2.85. The molecule has 1 unspecified atom stereocenters. The van der Waals surface area contributed by atoms with Gasteiger partial charge in [-0.25, -0.2) is 4.79 Å². The molecule has 0 radical (unpaired) electrons. The summed E-state index contributed by atoms with van der Waals surface area (Å²) in [5.41, 5.74) is 5.39. The molecule has 1 atom stereocenters. The highest BCUT2D eigenvalue weighted by atomic mass is 16.7. The minimum Gasteiger partial charge on any atom is -0.449 e. The number of nitrogens with one attached hydrogen (secondary N) is 1. The summed E-state index contributed by atoms with van der Waals surface area (Å²) in [6, 6.07) is 19.1. The van der Waals surface area contributed by atoms with E-state index in [2.05, 4.69) is 34.6 Å². The van der Waals surface area contributed by atoms with Crippen LogP contribution in [0.15, 0.2) is 73.1 Å². The lowest BCUT2D eigenvalue weighted by atomic mass is 9.98. The fraction of sp³-hybridized carbons (Fsp3) is 0.406. The van der Waals surface area contributed by atoms with Crippen molar-refractivity contribution in [2.24, 2.45) is 0 Å². The molecular weight excluding hydrogens is 506 g/mol. The number of hydrogen-bond donors (Lipinski definition) is 1. The monoisotopic (exact) mass is 545 g/mol. The number of ether oxygens (including phenoxy) is 3. The number of aromatic nitrogens is 1. The van der Waals surface area contributed by atoms with Crippen LogP contribution in [0.3, 0.4) is 0 Å². The molecule has 1 aliphatic rings. The van der Waals surface area contributed by atoms with Gasteiger partial charge in [-0.2, -0.15) is 0 Å². The first-order valence-electron chi connectivity index (χ1n) is 14.0. The van der Waals surface area contributed by atoms with Gasteiger partial charge in [-0.15, -0.1) is 0 Å². The van der Waals surface area contributed by atoms with Crippen LogP contribution in [-0.2, 0) is 25.4 Å². The molecule has 0 saturated carbocycles. The molecule has 0 fully saturated rings. The van der Waals surface area contributed by atoms with E-state index in [-0.39, 0.29) is 37.4 Å². The van der Waals surface area contributed by atoms with Crippen molar-refractivity contribution in [3.05, 3.63) is 89.7 Å². The highest BCUT2D eigenvalue weighted by Crippen LogP contribution is 2.44. The average molecular weight is 546 g/mol. The fourth-order valence-electron chi connectivity index (χ4n) is 5.18. The number of alkyl carbamates (subject to hydrolysis) is 1. The third kappa shape index (κ3) is 7.06. The van der Waals surface area contributed by atoms with Crippen molar-refractivity contribution < 1.29 is 23.8 Å². The number of fused-ring (bicyclic) bond motifs is 3. The highest BCUT2D eigenvalue weighted by molar-refractivity contribution is 5.86. The zero-order valence-corrected chi connectivity index (χ0v) is 23.7. The molecular formula is C32H39N3O5. The quantitative estimate of drug-likeness (QED) is 0.298. The lowest BCUT2D eigenvalue weighted by Gasteiger charge is -2.33. The number of amides is 2. The third-order valence-electron chi connectivity index (χ3n) is 7.05. The molecule has 0 saturated heterocycles. The van der Waals surface area contributed by atoms with E-state index in [4.69, 9.17) is 14.2 Å². The Labute approximate surface area is 236 Å². The summed E-state index contributed by atoms with van der Waals surface area (Å²) < 4.78 is 17.2. The second kappa shape index (κ2) is 14.1. The van der Waals surface area contributed by atoms with E-state index in [1.54, 1.807) is 17.3 Å². The summed E-state index contributed by atoms with van der Waals surface area (Å²) in [6.45, 7) is 8.97. The zero-order chi connectivity index (χ0) is 28.5. The molecule has 212 valence electrons. The maximum atomic E-state index is 13.9. The molecule has 8 nitrogen and oxygen atoms in total. The van der Waals surface area contributed by atoms with Gasteiger partial charge in [-0.3, -0.25) is 9.78 Å². The van der Waals surface area contributed by atoms with Crippen molar-refractivity contribution in [3.63, 3.8) is 0 Å². The zero-order valence-electron chi connectivity index (χ0n) is 23.7. The first-order chi connectivity index (χ1) is 19.4. The van der Waals surface area contributed by atoms with Crippen LogP contribution in [0.4, 0.5) is 4.79 Å². The second-order valence-corrected chi connectivity index (χ2v) is 10.0. The number of pyridine rings is 1. The molecule has 4 rings (SSSR count). The molecule has 1 aliphatic carbocycles. The van der Waals surface area contributed by atoms with Gasteiger partial charge in [0, 0.05) is 44.0 Å². The van der Waals surface area contributed by atoms with Crippen LogP contribution < -0.4 is 5.32 Å². The number of benzene rings is 2. The first-order valence-corrected chi connectivity index (χ1v) is 14.0. The molecule has 0 aliphatic heterocycles. The van der Waals surface area contributed by atoms with E-state index >= 15 is 0 Å². The Balaban J connectivity index is 1.50. The van der Waals surface area contributed by atoms with Gasteiger partial charge in [0.1, 0.15) is 12.6 Å². The number of rotatable bonds is 13. The molecule has 0 bridgehead atoms. The first kappa shape index (κ1) is 29.2. The summed E-state index contributed by atoms with van der Waals surface area (Å²) in [7, 11) is 0. The van der Waals surface area contributed by atoms with Gasteiger partial charge in [0.05, 0.1) is 6.54 Å². The van der Waals surface area contributed by atoms with E-state index in [1.807, 2.05) is 64.1 Å². The van der Waals surface area contributed by atoms with Crippen molar-refractivity contribution in [3.8, 4) is 11.1 Å². The number of carbonyl (C=O) groups is 2. The third-order valence-corrected chi connectivity index (χ3v) is 7.05. The number of nitrogens with zero attached hydrogens (tertiary/aromatic N) is 2. The normalized spacial score (nSPS) is 13.2. The minimum atomic E-state index is -0.855. The summed E-state index contributed by atoms with van der Waals surface area (Å²) in [6.07, 6.45) is 2.44. The maximum absolute atomic E-state index is 13.9. The van der Waals surface area contributed by atoms with Gasteiger partial charge in [-0.1, -0.05) is 54.6 Å². The van der Waals surface area contributed by atoms with Gasteiger partial charge in [0.15, 0.2) is 6.29 Å². The van der Waals surface area contributed by atoms with Gasteiger partial charge >= 0.3 is 6.09 Å². The van der Waals surface area contributed by atoms with E-state index in [1.165, 1.54) is 0 Å². The summed E-state index contributed by atoms with van der Waals surface area (Å²) >= 11 is 0. The Hall–Kier alpha value is -3.75. The predicted molar refractivity (Wildman–Crippen MR) is 154 cm³/mol. The van der Waals surface area contributed by atoms with Crippen molar-refractivity contribution in [1.29, 1.82) is 0 Å². The fourth-order valence-corrected chi connectivity index (χ4v) is 5.18. The van der Waals surface area contributed by atoms with Crippen LogP contribution in [0.1, 0.15) is 50.3 Å². The van der Waals surface area contributed by atoms with Crippen LogP contribution in [0.25, 0.3) is 11.1 Å². The van der Waals surface area contributed by atoms with Crippen LogP contribution in [0, 0.1) is 0 Å². The van der Waals surface area contributed by atoms with Crippen LogP contribution in [0.2, 0.25) is 0 Å². The number of carbonyl (C=O) groups excluding carboxylic acids is 2. The van der Waals surface area contributed by atoms with E-state index in [9.17, 15) is 9.59 Å².